The Labute approximate surface area is 112 Å². The van der Waals surface area contributed by atoms with E-state index in [0.717, 1.165) is 5.56 Å². The number of aliphatic carboxylic acids is 1. The van der Waals surface area contributed by atoms with Crippen LogP contribution in [0.2, 0.25) is 0 Å². The molecule has 0 bridgehead atoms. The number of hydrogen-bond acceptors (Lipinski definition) is 3. The van der Waals surface area contributed by atoms with Crippen molar-refractivity contribution >= 4 is 11.9 Å². The van der Waals surface area contributed by atoms with Crippen LogP contribution in [0.5, 0.6) is 0 Å². The van der Waals surface area contributed by atoms with Crippen molar-refractivity contribution in [1.29, 1.82) is 0 Å². The van der Waals surface area contributed by atoms with Gasteiger partial charge in [-0.25, -0.2) is 4.79 Å². The first-order valence-electron chi connectivity index (χ1n) is 6.32. The third-order valence-electron chi connectivity index (χ3n) is 3.36. The highest BCUT2D eigenvalue weighted by atomic mass is 16.4. The second-order valence-electron chi connectivity index (χ2n) is 4.87. The van der Waals surface area contributed by atoms with Crippen molar-refractivity contribution in [2.24, 2.45) is 0 Å². The zero-order valence-electron chi connectivity index (χ0n) is 11.0. The van der Waals surface area contributed by atoms with Gasteiger partial charge < -0.3 is 10.0 Å². The molecular weight excluding hydrogens is 244 g/mol. The molecule has 0 spiro atoms. The topological polar surface area (TPSA) is 60.9 Å². The lowest BCUT2D eigenvalue weighted by Gasteiger charge is -2.37. The molecule has 1 aliphatic rings. The van der Waals surface area contributed by atoms with E-state index >= 15 is 0 Å². The van der Waals surface area contributed by atoms with E-state index in [-0.39, 0.29) is 5.91 Å². The van der Waals surface area contributed by atoms with Gasteiger partial charge in [-0.05, 0) is 19.0 Å². The number of carboxylic acid groups (broad SMARTS) is 1. The Bertz CT molecular complexity index is 461. The predicted molar refractivity (Wildman–Crippen MR) is 70.8 cm³/mol. The van der Waals surface area contributed by atoms with Crippen LogP contribution >= 0.6 is 0 Å². The van der Waals surface area contributed by atoms with Gasteiger partial charge >= 0.3 is 5.97 Å². The second-order valence-corrected chi connectivity index (χ2v) is 4.87. The summed E-state index contributed by atoms with van der Waals surface area (Å²) in [5.41, 5.74) is 1.11. The molecule has 2 rings (SSSR count). The quantitative estimate of drug-likeness (QED) is 0.856. The van der Waals surface area contributed by atoms with Gasteiger partial charge in [0.1, 0.15) is 6.04 Å². The van der Waals surface area contributed by atoms with Crippen molar-refractivity contribution in [3.63, 3.8) is 0 Å². The maximum absolute atomic E-state index is 12.0. The molecule has 0 saturated carbocycles. The van der Waals surface area contributed by atoms with Gasteiger partial charge in [0, 0.05) is 13.1 Å². The van der Waals surface area contributed by atoms with Crippen LogP contribution in [0, 0.1) is 0 Å². The maximum atomic E-state index is 12.0. The zero-order valence-corrected chi connectivity index (χ0v) is 11.0. The Balaban J connectivity index is 2.03. The first-order valence-corrected chi connectivity index (χ1v) is 6.32. The summed E-state index contributed by atoms with van der Waals surface area (Å²) < 4.78 is 0. The molecular formula is C14H18N2O3. The number of carboxylic acids is 1. The average molecular weight is 262 g/mol. The third kappa shape index (κ3) is 3.32. The Morgan fingerprint density at radius 2 is 2.05 bits per heavy atom. The number of likely N-dealkylation sites (N-methyl/N-ethyl adjacent to an activating group) is 1. The summed E-state index contributed by atoms with van der Waals surface area (Å²) in [5, 5.41) is 9.22. The smallest absolute Gasteiger partial charge is 0.327 e. The van der Waals surface area contributed by atoms with Crippen LogP contribution in [-0.2, 0) is 16.0 Å². The van der Waals surface area contributed by atoms with Crippen LogP contribution < -0.4 is 0 Å². The van der Waals surface area contributed by atoms with Crippen molar-refractivity contribution in [3.8, 4) is 0 Å². The lowest BCUT2D eigenvalue weighted by Crippen LogP contribution is -2.58. The number of carbonyl (C=O) groups is 2. The molecule has 0 radical (unpaired) electrons. The van der Waals surface area contributed by atoms with Gasteiger partial charge in [-0.1, -0.05) is 30.3 Å². The summed E-state index contributed by atoms with van der Waals surface area (Å²) in [6.45, 7) is 1.13. The van der Waals surface area contributed by atoms with Crippen molar-refractivity contribution in [1.82, 2.24) is 9.80 Å². The lowest BCUT2D eigenvalue weighted by molar-refractivity contribution is -0.155. The van der Waals surface area contributed by atoms with E-state index < -0.39 is 12.0 Å². The van der Waals surface area contributed by atoms with Gasteiger partial charge in [0.25, 0.3) is 0 Å². The number of amides is 1. The maximum Gasteiger partial charge on any atom is 0.327 e. The number of rotatable bonds is 4. The lowest BCUT2D eigenvalue weighted by atomic mass is 10.1. The second kappa shape index (κ2) is 5.84. The minimum Gasteiger partial charge on any atom is -0.480 e. The van der Waals surface area contributed by atoms with Crippen LogP contribution in [0.3, 0.4) is 0 Å². The largest absolute Gasteiger partial charge is 0.480 e. The van der Waals surface area contributed by atoms with Gasteiger partial charge in [0.2, 0.25) is 5.91 Å². The molecule has 0 aliphatic carbocycles. The van der Waals surface area contributed by atoms with Gasteiger partial charge in [-0.3, -0.25) is 9.69 Å². The standard InChI is InChI=1S/C14H18N2O3/c1-15-9-12(14(18)19)16(13(17)10-15)8-7-11-5-3-2-4-6-11/h2-6,12H,7-10H2,1H3,(H,18,19). The van der Waals surface area contributed by atoms with Crippen molar-refractivity contribution in [2.75, 3.05) is 26.7 Å². The SMILES string of the molecule is CN1CC(=O)N(CCc2ccccc2)C(C(=O)O)C1. The van der Waals surface area contributed by atoms with Crippen LogP contribution in [0.25, 0.3) is 0 Å². The molecule has 0 aromatic heterocycles. The summed E-state index contributed by atoms with van der Waals surface area (Å²) in [7, 11) is 1.77. The summed E-state index contributed by atoms with van der Waals surface area (Å²) in [6, 6.07) is 9.04. The van der Waals surface area contributed by atoms with E-state index in [2.05, 4.69) is 0 Å². The van der Waals surface area contributed by atoms with Gasteiger partial charge in [-0.15, -0.1) is 0 Å². The summed E-state index contributed by atoms with van der Waals surface area (Å²) in [6.07, 6.45) is 0.681. The Hall–Kier alpha value is -1.88. The van der Waals surface area contributed by atoms with E-state index in [1.54, 1.807) is 11.9 Å². The van der Waals surface area contributed by atoms with Crippen molar-refractivity contribution < 1.29 is 14.7 Å². The average Bonchev–Trinajstić information content (AvgIpc) is 2.38. The number of nitrogens with zero attached hydrogens (tertiary/aromatic N) is 2. The Kier molecular flexibility index (Phi) is 4.16. The summed E-state index contributed by atoms with van der Waals surface area (Å²) in [4.78, 5) is 26.4. The molecule has 1 heterocycles. The predicted octanol–water partition coefficient (Wildman–Crippen LogP) is 0.456. The minimum atomic E-state index is -0.937. The summed E-state index contributed by atoms with van der Waals surface area (Å²) >= 11 is 0. The van der Waals surface area contributed by atoms with E-state index in [4.69, 9.17) is 0 Å². The van der Waals surface area contributed by atoms with Crippen molar-refractivity contribution in [3.05, 3.63) is 35.9 Å². The number of piperazine rings is 1. The highest BCUT2D eigenvalue weighted by Crippen LogP contribution is 2.12. The van der Waals surface area contributed by atoms with Crippen LogP contribution in [0.4, 0.5) is 0 Å². The number of benzene rings is 1. The monoisotopic (exact) mass is 262 g/mol. The fourth-order valence-electron chi connectivity index (χ4n) is 2.34. The first kappa shape index (κ1) is 13.5. The molecule has 1 amide bonds. The molecule has 1 aromatic carbocycles. The molecule has 102 valence electrons. The van der Waals surface area contributed by atoms with Gasteiger partial charge in [-0.2, -0.15) is 0 Å². The Morgan fingerprint density at radius 1 is 1.37 bits per heavy atom. The molecule has 5 nitrogen and oxygen atoms in total. The molecule has 1 aliphatic heterocycles. The molecule has 1 unspecified atom stereocenters. The van der Waals surface area contributed by atoms with Crippen LogP contribution in [0.1, 0.15) is 5.56 Å². The Morgan fingerprint density at radius 3 is 2.68 bits per heavy atom. The molecule has 1 saturated heterocycles. The van der Waals surface area contributed by atoms with E-state index in [0.29, 0.717) is 26.1 Å². The molecule has 1 aromatic rings. The first-order chi connectivity index (χ1) is 9.08. The van der Waals surface area contributed by atoms with Crippen LogP contribution in [-0.4, -0.2) is 59.5 Å². The molecule has 1 N–H and O–H groups in total. The number of carbonyl (C=O) groups excluding carboxylic acids is 1. The van der Waals surface area contributed by atoms with E-state index in [9.17, 15) is 14.7 Å². The minimum absolute atomic E-state index is 0.114. The van der Waals surface area contributed by atoms with Crippen molar-refractivity contribution in [2.45, 2.75) is 12.5 Å². The highest BCUT2D eigenvalue weighted by molar-refractivity contribution is 5.86. The molecule has 1 atom stereocenters. The molecule has 5 heteroatoms. The number of hydrogen-bond donors (Lipinski definition) is 1. The fourth-order valence-corrected chi connectivity index (χ4v) is 2.34. The van der Waals surface area contributed by atoms with E-state index in [1.165, 1.54) is 4.90 Å². The normalized spacial score (nSPS) is 20.6. The summed E-state index contributed by atoms with van der Waals surface area (Å²) in [5.74, 6) is -1.05. The van der Waals surface area contributed by atoms with Crippen LogP contribution in [0.15, 0.2) is 30.3 Å². The third-order valence-corrected chi connectivity index (χ3v) is 3.36. The zero-order chi connectivity index (χ0) is 13.8. The molecule has 19 heavy (non-hydrogen) atoms. The molecule has 1 fully saturated rings. The van der Waals surface area contributed by atoms with Gasteiger partial charge in [0.05, 0.1) is 6.54 Å². The highest BCUT2D eigenvalue weighted by Gasteiger charge is 2.35. The van der Waals surface area contributed by atoms with E-state index in [1.807, 2.05) is 30.3 Å². The van der Waals surface area contributed by atoms with Gasteiger partial charge in [0.15, 0.2) is 0 Å². The fraction of sp³-hybridized carbons (Fsp3) is 0.429.